The van der Waals surface area contributed by atoms with Crippen molar-refractivity contribution in [1.82, 2.24) is 5.32 Å². The average Bonchev–Trinajstić information content (AvgIpc) is 2.68. The van der Waals surface area contributed by atoms with Gasteiger partial charge in [0.2, 0.25) is 0 Å². The number of amides is 2. The van der Waals surface area contributed by atoms with Gasteiger partial charge in [-0.2, -0.15) is 13.2 Å². The number of halogens is 3. The van der Waals surface area contributed by atoms with Crippen LogP contribution in [0.25, 0.3) is 0 Å². The predicted molar refractivity (Wildman–Crippen MR) is 95.8 cm³/mol. The van der Waals surface area contributed by atoms with Crippen LogP contribution in [0.15, 0.2) is 48.5 Å². The largest absolute Gasteiger partial charge is 0.496 e. The molecular weight excluding hydrogens is 377 g/mol. The van der Waals surface area contributed by atoms with E-state index in [1.165, 1.54) is 14.2 Å². The molecule has 1 atom stereocenters. The number of anilines is 1. The Bertz CT molecular complexity index is 823. The minimum absolute atomic E-state index is 0.00383. The van der Waals surface area contributed by atoms with Gasteiger partial charge >= 0.3 is 18.0 Å². The van der Waals surface area contributed by atoms with Crippen molar-refractivity contribution in [3.05, 3.63) is 59.7 Å². The lowest BCUT2D eigenvalue weighted by Gasteiger charge is -2.19. The number of hydrogen-bond acceptors (Lipinski definition) is 4. The van der Waals surface area contributed by atoms with Crippen molar-refractivity contribution in [1.29, 1.82) is 0 Å². The Morgan fingerprint density at radius 2 is 1.64 bits per heavy atom. The molecule has 0 aliphatic carbocycles. The van der Waals surface area contributed by atoms with Gasteiger partial charge in [-0.25, -0.2) is 0 Å². The van der Waals surface area contributed by atoms with E-state index in [0.29, 0.717) is 11.3 Å². The number of alkyl halides is 3. The van der Waals surface area contributed by atoms with Crippen molar-refractivity contribution in [2.75, 3.05) is 26.1 Å². The molecule has 2 aromatic carbocycles. The van der Waals surface area contributed by atoms with Gasteiger partial charge in [-0.05, 0) is 30.3 Å². The predicted octanol–water partition coefficient (Wildman–Crippen LogP) is 3.16. The number of hydrogen-bond donors (Lipinski definition) is 2. The summed E-state index contributed by atoms with van der Waals surface area (Å²) < 4.78 is 48.2. The fraction of sp³-hybridized carbons (Fsp3) is 0.263. The van der Waals surface area contributed by atoms with Crippen LogP contribution in [-0.2, 0) is 20.5 Å². The van der Waals surface area contributed by atoms with E-state index >= 15 is 0 Å². The molecule has 0 saturated carbocycles. The molecule has 0 heterocycles. The highest BCUT2D eigenvalue weighted by atomic mass is 19.4. The van der Waals surface area contributed by atoms with Crippen molar-refractivity contribution < 1.29 is 32.2 Å². The summed E-state index contributed by atoms with van der Waals surface area (Å²) in [6.45, 7) is -0.00383. The Labute approximate surface area is 159 Å². The van der Waals surface area contributed by atoms with Gasteiger partial charge in [0, 0.05) is 24.9 Å². The quantitative estimate of drug-likeness (QED) is 0.736. The number of nitrogens with one attached hydrogen (secondary N) is 2. The minimum Gasteiger partial charge on any atom is -0.496 e. The standard InChI is InChI=1S/C19H19F3N2O4/c1-27-15-6-4-3-5-14(15)16(28-2)11-23-17(25)18(26)24-13-9-7-12(8-10-13)19(20,21)22/h3-10,16H,11H2,1-2H3,(H,23,25)(H,24,26)/t16-/m1/s1. The van der Waals surface area contributed by atoms with Crippen LogP contribution in [0.2, 0.25) is 0 Å². The van der Waals surface area contributed by atoms with Gasteiger partial charge in [-0.3, -0.25) is 9.59 Å². The second-order valence-corrected chi connectivity index (χ2v) is 5.71. The second kappa shape index (κ2) is 9.23. The summed E-state index contributed by atoms with van der Waals surface area (Å²) in [4.78, 5) is 23.9. The van der Waals surface area contributed by atoms with Crippen LogP contribution < -0.4 is 15.4 Å². The number of rotatable bonds is 6. The van der Waals surface area contributed by atoms with Crippen LogP contribution in [0.4, 0.5) is 18.9 Å². The fourth-order valence-corrected chi connectivity index (χ4v) is 2.45. The first-order valence-corrected chi connectivity index (χ1v) is 8.18. The lowest BCUT2D eigenvalue weighted by atomic mass is 10.1. The normalized spacial score (nSPS) is 12.2. The van der Waals surface area contributed by atoms with Gasteiger partial charge in [0.1, 0.15) is 11.9 Å². The van der Waals surface area contributed by atoms with Crippen molar-refractivity contribution in [3.8, 4) is 5.75 Å². The zero-order valence-electron chi connectivity index (χ0n) is 15.2. The fourth-order valence-electron chi connectivity index (χ4n) is 2.45. The summed E-state index contributed by atoms with van der Waals surface area (Å²) in [5.74, 6) is -1.38. The summed E-state index contributed by atoms with van der Waals surface area (Å²) in [7, 11) is 2.95. The SMILES string of the molecule is COc1ccccc1[C@@H](CNC(=O)C(=O)Nc1ccc(C(F)(F)F)cc1)OC. The molecule has 28 heavy (non-hydrogen) atoms. The number of para-hydroxylation sites is 1. The van der Waals surface area contributed by atoms with E-state index in [1.54, 1.807) is 24.3 Å². The van der Waals surface area contributed by atoms with E-state index in [1.807, 2.05) is 0 Å². The molecule has 0 bridgehead atoms. The van der Waals surface area contributed by atoms with Crippen LogP contribution in [0.3, 0.4) is 0 Å². The van der Waals surface area contributed by atoms with E-state index in [0.717, 1.165) is 24.3 Å². The number of benzene rings is 2. The minimum atomic E-state index is -4.48. The van der Waals surface area contributed by atoms with E-state index in [9.17, 15) is 22.8 Å². The van der Waals surface area contributed by atoms with E-state index < -0.39 is 29.7 Å². The van der Waals surface area contributed by atoms with E-state index in [4.69, 9.17) is 9.47 Å². The molecule has 0 spiro atoms. The van der Waals surface area contributed by atoms with E-state index in [-0.39, 0.29) is 12.2 Å². The molecule has 0 aliphatic rings. The molecule has 6 nitrogen and oxygen atoms in total. The van der Waals surface area contributed by atoms with Gasteiger partial charge in [0.15, 0.2) is 0 Å². The summed E-state index contributed by atoms with van der Waals surface area (Å²) in [6.07, 6.45) is -5.04. The van der Waals surface area contributed by atoms with Gasteiger partial charge in [0.25, 0.3) is 0 Å². The van der Waals surface area contributed by atoms with Gasteiger partial charge in [-0.15, -0.1) is 0 Å². The van der Waals surface area contributed by atoms with Crippen molar-refractivity contribution in [2.24, 2.45) is 0 Å². The maximum absolute atomic E-state index is 12.5. The van der Waals surface area contributed by atoms with Crippen molar-refractivity contribution in [2.45, 2.75) is 12.3 Å². The maximum atomic E-state index is 12.5. The molecule has 150 valence electrons. The zero-order chi connectivity index (χ0) is 20.7. The molecule has 9 heteroatoms. The molecule has 0 unspecified atom stereocenters. The van der Waals surface area contributed by atoms with Crippen LogP contribution in [0, 0.1) is 0 Å². The third-order valence-electron chi connectivity index (χ3n) is 3.89. The first-order chi connectivity index (χ1) is 13.3. The van der Waals surface area contributed by atoms with Crippen molar-refractivity contribution in [3.63, 3.8) is 0 Å². The Morgan fingerprint density at radius 1 is 1.00 bits per heavy atom. The Hall–Kier alpha value is -3.07. The smallest absolute Gasteiger partial charge is 0.416 e. The highest BCUT2D eigenvalue weighted by molar-refractivity contribution is 6.39. The number of ether oxygens (including phenoxy) is 2. The summed E-state index contributed by atoms with van der Waals surface area (Å²) in [5, 5.41) is 4.67. The van der Waals surface area contributed by atoms with Gasteiger partial charge in [-0.1, -0.05) is 18.2 Å². The van der Waals surface area contributed by atoms with Crippen molar-refractivity contribution >= 4 is 17.5 Å². The molecule has 2 rings (SSSR count). The number of methoxy groups -OCH3 is 2. The summed E-state index contributed by atoms with van der Waals surface area (Å²) in [6, 6.07) is 10.8. The molecule has 0 fully saturated rings. The third-order valence-corrected chi connectivity index (χ3v) is 3.89. The summed E-state index contributed by atoms with van der Waals surface area (Å²) in [5.41, 5.74) is -0.0909. The third kappa shape index (κ3) is 5.46. The van der Waals surface area contributed by atoms with E-state index in [2.05, 4.69) is 10.6 Å². The lowest BCUT2D eigenvalue weighted by Crippen LogP contribution is -2.38. The number of carbonyl (C=O) groups is 2. The highest BCUT2D eigenvalue weighted by Crippen LogP contribution is 2.30. The molecule has 2 aromatic rings. The Kier molecular flexibility index (Phi) is 7.00. The van der Waals surface area contributed by atoms with Crippen LogP contribution in [-0.4, -0.2) is 32.6 Å². The molecule has 2 N–H and O–H groups in total. The molecule has 0 radical (unpaired) electrons. The topological polar surface area (TPSA) is 76.7 Å². The van der Waals surface area contributed by atoms with Crippen LogP contribution in [0.5, 0.6) is 5.75 Å². The molecule has 0 aliphatic heterocycles. The molecular formula is C19H19F3N2O4. The monoisotopic (exact) mass is 396 g/mol. The van der Waals surface area contributed by atoms with Crippen LogP contribution in [0.1, 0.15) is 17.2 Å². The molecule has 0 saturated heterocycles. The molecule has 2 amide bonds. The van der Waals surface area contributed by atoms with Gasteiger partial charge < -0.3 is 20.1 Å². The Balaban J connectivity index is 1.95. The molecule has 0 aromatic heterocycles. The summed E-state index contributed by atoms with van der Waals surface area (Å²) >= 11 is 0. The van der Waals surface area contributed by atoms with Crippen LogP contribution >= 0.6 is 0 Å². The second-order valence-electron chi connectivity index (χ2n) is 5.71. The zero-order valence-corrected chi connectivity index (χ0v) is 15.2. The van der Waals surface area contributed by atoms with Gasteiger partial charge in [0.05, 0.1) is 12.7 Å². The Morgan fingerprint density at radius 3 is 2.21 bits per heavy atom. The first kappa shape index (κ1) is 21.2. The first-order valence-electron chi connectivity index (χ1n) is 8.18. The lowest BCUT2D eigenvalue weighted by molar-refractivity contribution is -0.137. The number of carbonyl (C=O) groups excluding carboxylic acids is 2. The average molecular weight is 396 g/mol. The maximum Gasteiger partial charge on any atom is 0.416 e. The highest BCUT2D eigenvalue weighted by Gasteiger charge is 2.30.